The van der Waals surface area contributed by atoms with Gasteiger partial charge in [-0.15, -0.1) is 36.2 Å². The normalized spacial score (nSPS) is 19.3. The molecule has 0 saturated carbocycles. The molecule has 0 bridgehead atoms. The van der Waals surface area contributed by atoms with Crippen LogP contribution < -0.4 is 15.4 Å². The molecule has 5 nitrogen and oxygen atoms in total. The zero-order valence-corrected chi connectivity index (χ0v) is 16.6. The molecule has 1 aliphatic rings. The van der Waals surface area contributed by atoms with Gasteiger partial charge >= 0.3 is 0 Å². The lowest BCUT2D eigenvalue weighted by Gasteiger charge is -2.30. The average molecular weight is 404 g/mol. The summed E-state index contributed by atoms with van der Waals surface area (Å²) in [7, 11) is 1.64. The number of benzene rings is 1. The Balaban J connectivity index is 0.00000156. The summed E-state index contributed by atoms with van der Waals surface area (Å²) in [6.45, 7) is 3.12. The highest BCUT2D eigenvalue weighted by Gasteiger charge is 2.23. The van der Waals surface area contributed by atoms with Gasteiger partial charge in [-0.05, 0) is 50.6 Å². The molecule has 1 saturated heterocycles. The van der Waals surface area contributed by atoms with E-state index < -0.39 is 0 Å². The molecule has 138 valence electrons. The highest BCUT2D eigenvalue weighted by atomic mass is 35.5. The van der Waals surface area contributed by atoms with Crippen molar-refractivity contribution in [1.82, 2.24) is 15.6 Å². The average Bonchev–Trinajstić information content (AvgIpc) is 3.07. The molecule has 0 radical (unpaired) electrons. The molecule has 0 spiro atoms. The van der Waals surface area contributed by atoms with E-state index in [4.69, 9.17) is 4.74 Å². The topological polar surface area (TPSA) is 63.2 Å². The van der Waals surface area contributed by atoms with Crippen LogP contribution in [0.1, 0.15) is 30.3 Å². The van der Waals surface area contributed by atoms with Crippen molar-refractivity contribution in [2.75, 3.05) is 13.7 Å². The summed E-state index contributed by atoms with van der Waals surface area (Å²) in [5.74, 6) is 0.712. The second kappa shape index (κ2) is 9.97. The van der Waals surface area contributed by atoms with Crippen molar-refractivity contribution in [3.63, 3.8) is 0 Å². The number of hydrogen-bond donors (Lipinski definition) is 2. The van der Waals surface area contributed by atoms with Crippen LogP contribution in [0.2, 0.25) is 0 Å². The lowest BCUT2D eigenvalue weighted by atomic mass is 10.00. The van der Waals surface area contributed by atoms with Gasteiger partial charge in [-0.2, -0.15) is 0 Å². The van der Waals surface area contributed by atoms with Crippen LogP contribution >= 0.6 is 36.2 Å². The van der Waals surface area contributed by atoms with Gasteiger partial charge in [0.1, 0.15) is 16.5 Å². The van der Waals surface area contributed by atoms with Crippen molar-refractivity contribution < 1.29 is 9.53 Å². The lowest BCUT2D eigenvalue weighted by molar-refractivity contribution is 0.0915. The van der Waals surface area contributed by atoms with Crippen LogP contribution in [0.3, 0.4) is 0 Å². The second-order valence-corrected chi connectivity index (χ2v) is 6.59. The van der Waals surface area contributed by atoms with Crippen LogP contribution in [0, 0.1) is 0 Å². The number of nitrogens with zero attached hydrogens (tertiary/aromatic N) is 1. The van der Waals surface area contributed by atoms with Gasteiger partial charge in [0.25, 0.3) is 5.91 Å². The molecule has 2 unspecified atom stereocenters. The molecular weight excluding hydrogens is 381 g/mol. The molecule has 3 rings (SSSR count). The SMILES string of the molecule is COc1ccc(-c2nc(C(=O)NC3CCCNC3C)cs2)cc1.Cl.Cl. The standard InChI is InChI=1S/C17H21N3O2S.2ClH/c1-11-14(4-3-9-18-11)19-16(21)15-10-23-17(20-15)12-5-7-13(22-2)8-6-12;;/h5-8,10-11,14,18H,3-4,9H2,1-2H3,(H,19,21);2*1H. The van der Waals surface area contributed by atoms with Crippen molar-refractivity contribution >= 4 is 42.1 Å². The third-order valence-corrected chi connectivity index (χ3v) is 5.04. The molecular formula is C17H23Cl2N3O2S. The maximum Gasteiger partial charge on any atom is 0.271 e. The van der Waals surface area contributed by atoms with E-state index in [0.717, 1.165) is 35.7 Å². The summed E-state index contributed by atoms with van der Waals surface area (Å²) in [6, 6.07) is 8.16. The molecule has 2 N–H and O–H groups in total. The van der Waals surface area contributed by atoms with E-state index in [0.29, 0.717) is 11.7 Å². The summed E-state index contributed by atoms with van der Waals surface area (Å²) in [4.78, 5) is 16.9. The molecule has 1 amide bonds. The fraction of sp³-hybridized carbons (Fsp3) is 0.412. The Morgan fingerprint density at radius 3 is 2.68 bits per heavy atom. The van der Waals surface area contributed by atoms with Gasteiger partial charge in [0.2, 0.25) is 0 Å². The largest absolute Gasteiger partial charge is 0.497 e. The molecule has 0 aliphatic carbocycles. The molecule has 1 aromatic carbocycles. The number of ether oxygens (including phenoxy) is 1. The number of methoxy groups -OCH3 is 1. The lowest BCUT2D eigenvalue weighted by Crippen LogP contribution is -2.51. The van der Waals surface area contributed by atoms with Crippen LogP contribution in [-0.2, 0) is 0 Å². The number of carbonyl (C=O) groups excluding carboxylic acids is 1. The fourth-order valence-corrected chi connectivity index (χ4v) is 3.53. The Kier molecular flexibility index (Phi) is 8.65. The molecule has 1 aromatic heterocycles. The van der Waals surface area contributed by atoms with Gasteiger partial charge in [0.15, 0.2) is 0 Å². The Morgan fingerprint density at radius 2 is 2.04 bits per heavy atom. The molecule has 8 heteroatoms. The van der Waals surface area contributed by atoms with E-state index in [1.165, 1.54) is 11.3 Å². The Labute approximate surface area is 164 Å². The summed E-state index contributed by atoms with van der Waals surface area (Å²) in [6.07, 6.45) is 2.10. The number of amides is 1. The van der Waals surface area contributed by atoms with Crippen molar-refractivity contribution in [3.05, 3.63) is 35.3 Å². The van der Waals surface area contributed by atoms with Gasteiger partial charge in [-0.3, -0.25) is 4.79 Å². The number of piperidine rings is 1. The van der Waals surface area contributed by atoms with E-state index in [9.17, 15) is 4.79 Å². The van der Waals surface area contributed by atoms with E-state index in [2.05, 4.69) is 22.5 Å². The summed E-state index contributed by atoms with van der Waals surface area (Å²) < 4.78 is 5.16. The summed E-state index contributed by atoms with van der Waals surface area (Å²) in [5, 5.41) is 9.13. The molecule has 1 fully saturated rings. The highest BCUT2D eigenvalue weighted by molar-refractivity contribution is 7.13. The van der Waals surface area contributed by atoms with E-state index in [1.807, 2.05) is 29.6 Å². The first-order valence-electron chi connectivity index (χ1n) is 7.81. The van der Waals surface area contributed by atoms with Crippen molar-refractivity contribution in [2.45, 2.75) is 31.8 Å². The van der Waals surface area contributed by atoms with Gasteiger partial charge in [0, 0.05) is 23.0 Å². The molecule has 25 heavy (non-hydrogen) atoms. The molecule has 1 aliphatic heterocycles. The van der Waals surface area contributed by atoms with Crippen LogP contribution in [0.25, 0.3) is 10.6 Å². The minimum absolute atomic E-state index is 0. The van der Waals surface area contributed by atoms with Crippen LogP contribution in [-0.4, -0.2) is 36.6 Å². The number of hydrogen-bond acceptors (Lipinski definition) is 5. The van der Waals surface area contributed by atoms with Gasteiger partial charge in [-0.25, -0.2) is 4.98 Å². The van der Waals surface area contributed by atoms with Crippen molar-refractivity contribution in [1.29, 1.82) is 0 Å². The third-order valence-electron chi connectivity index (χ3n) is 4.15. The van der Waals surface area contributed by atoms with E-state index in [1.54, 1.807) is 7.11 Å². The smallest absolute Gasteiger partial charge is 0.271 e. The van der Waals surface area contributed by atoms with Gasteiger partial charge in [0.05, 0.1) is 7.11 Å². The predicted molar refractivity (Wildman–Crippen MR) is 107 cm³/mol. The zero-order chi connectivity index (χ0) is 16.2. The summed E-state index contributed by atoms with van der Waals surface area (Å²) in [5.41, 5.74) is 1.47. The van der Waals surface area contributed by atoms with E-state index >= 15 is 0 Å². The first-order chi connectivity index (χ1) is 11.2. The predicted octanol–water partition coefficient (Wildman–Crippen LogP) is 3.53. The quantitative estimate of drug-likeness (QED) is 0.819. The number of carbonyl (C=O) groups is 1. The van der Waals surface area contributed by atoms with Crippen molar-refractivity contribution in [2.24, 2.45) is 0 Å². The number of thiazole rings is 1. The highest BCUT2D eigenvalue weighted by Crippen LogP contribution is 2.25. The maximum absolute atomic E-state index is 12.4. The van der Waals surface area contributed by atoms with Gasteiger partial charge in [-0.1, -0.05) is 0 Å². The minimum Gasteiger partial charge on any atom is -0.497 e. The first-order valence-corrected chi connectivity index (χ1v) is 8.69. The molecule has 2 atom stereocenters. The Morgan fingerprint density at radius 1 is 1.32 bits per heavy atom. The van der Waals surface area contributed by atoms with Crippen molar-refractivity contribution in [3.8, 4) is 16.3 Å². The number of nitrogens with one attached hydrogen (secondary N) is 2. The van der Waals surface area contributed by atoms with Crippen LogP contribution in [0.5, 0.6) is 5.75 Å². The van der Waals surface area contributed by atoms with Crippen LogP contribution in [0.15, 0.2) is 29.6 Å². The Bertz CT molecular complexity index is 679. The molecule has 2 aromatic rings. The fourth-order valence-electron chi connectivity index (χ4n) is 2.73. The van der Waals surface area contributed by atoms with Crippen LogP contribution in [0.4, 0.5) is 0 Å². The minimum atomic E-state index is -0.0958. The third kappa shape index (κ3) is 5.31. The second-order valence-electron chi connectivity index (χ2n) is 5.73. The zero-order valence-electron chi connectivity index (χ0n) is 14.2. The number of aromatic nitrogens is 1. The maximum atomic E-state index is 12.4. The molecule has 2 heterocycles. The number of rotatable bonds is 4. The first kappa shape index (κ1) is 21.7. The monoisotopic (exact) mass is 403 g/mol. The van der Waals surface area contributed by atoms with Gasteiger partial charge < -0.3 is 15.4 Å². The summed E-state index contributed by atoms with van der Waals surface area (Å²) >= 11 is 1.48. The Hall–Kier alpha value is -1.34. The number of halogens is 2. The van der Waals surface area contributed by atoms with E-state index in [-0.39, 0.29) is 36.8 Å².